The molecule has 1 saturated heterocycles. The minimum Gasteiger partial charge on any atom is -0.379 e. The Kier molecular flexibility index (Phi) is 5.37. The summed E-state index contributed by atoms with van der Waals surface area (Å²) in [5, 5.41) is 22.7. The molecule has 3 aromatic rings. The molecular weight excluding hydrogens is 372 g/mol. The van der Waals surface area contributed by atoms with E-state index in [9.17, 15) is 14.9 Å². The van der Waals surface area contributed by atoms with E-state index < -0.39 is 4.92 Å². The van der Waals surface area contributed by atoms with Gasteiger partial charge in [-0.2, -0.15) is 0 Å². The first-order valence-corrected chi connectivity index (χ1v) is 9.68. The fourth-order valence-electron chi connectivity index (χ4n) is 3.80. The van der Waals surface area contributed by atoms with Crippen LogP contribution >= 0.6 is 0 Å². The molecule has 1 atom stereocenters. The van der Waals surface area contributed by atoms with Crippen molar-refractivity contribution < 1.29 is 9.72 Å². The number of pyridine rings is 1. The maximum Gasteiger partial charge on any atom is 0.292 e. The third-order valence-electron chi connectivity index (χ3n) is 5.23. The summed E-state index contributed by atoms with van der Waals surface area (Å²) in [6.45, 7) is 1.68. The van der Waals surface area contributed by atoms with E-state index in [0.717, 1.165) is 30.9 Å². The number of hydrogen-bond acceptors (Lipinski definition) is 6. The Bertz CT molecular complexity index is 1030. The number of carbonyl (C=O) groups excluding carboxylic acids is 1. The summed E-state index contributed by atoms with van der Waals surface area (Å²) in [7, 11) is 0. The molecule has 150 valence electrons. The molecule has 0 bridgehead atoms. The predicted octanol–water partition coefficient (Wildman–Crippen LogP) is 2.85. The molecule has 1 N–H and O–H groups in total. The van der Waals surface area contributed by atoms with Crippen molar-refractivity contribution in [2.24, 2.45) is 0 Å². The number of likely N-dealkylation sites (tertiary alicyclic amines) is 1. The Balaban J connectivity index is 1.36. The zero-order valence-corrected chi connectivity index (χ0v) is 15.9. The quantitative estimate of drug-likeness (QED) is 0.509. The van der Waals surface area contributed by atoms with Crippen molar-refractivity contribution in [3.8, 4) is 0 Å². The van der Waals surface area contributed by atoms with Crippen LogP contribution in [0.2, 0.25) is 0 Å². The first-order chi connectivity index (χ1) is 14.1. The lowest BCUT2D eigenvalue weighted by molar-refractivity contribution is -0.384. The van der Waals surface area contributed by atoms with Gasteiger partial charge in [0.1, 0.15) is 11.5 Å². The highest BCUT2D eigenvalue weighted by Crippen LogP contribution is 2.27. The zero-order valence-electron chi connectivity index (χ0n) is 15.9. The van der Waals surface area contributed by atoms with E-state index in [1.165, 1.54) is 6.07 Å². The Hall–Kier alpha value is -3.49. The fourth-order valence-corrected chi connectivity index (χ4v) is 3.80. The molecule has 0 radical (unpaired) electrons. The number of piperidine rings is 1. The number of nitrogens with one attached hydrogen (secondary N) is 1. The molecule has 3 heterocycles. The number of carbonyl (C=O) groups is 1. The maximum absolute atomic E-state index is 12.7. The molecule has 0 spiro atoms. The number of nitro groups is 1. The summed E-state index contributed by atoms with van der Waals surface area (Å²) < 4.78 is 1.98. The third kappa shape index (κ3) is 4.03. The van der Waals surface area contributed by atoms with Crippen molar-refractivity contribution >= 4 is 22.9 Å². The number of nitro benzene ring substituents is 1. The Morgan fingerprint density at radius 3 is 2.90 bits per heavy atom. The molecule has 9 heteroatoms. The van der Waals surface area contributed by atoms with E-state index in [-0.39, 0.29) is 23.9 Å². The van der Waals surface area contributed by atoms with Crippen LogP contribution in [0, 0.1) is 10.1 Å². The van der Waals surface area contributed by atoms with E-state index in [1.54, 1.807) is 18.2 Å². The van der Waals surface area contributed by atoms with Crippen molar-refractivity contribution in [2.75, 3.05) is 25.0 Å². The average molecular weight is 394 g/mol. The van der Waals surface area contributed by atoms with Gasteiger partial charge in [-0.1, -0.05) is 18.2 Å². The first-order valence-electron chi connectivity index (χ1n) is 9.68. The van der Waals surface area contributed by atoms with Crippen molar-refractivity contribution in [1.29, 1.82) is 0 Å². The number of amides is 1. The predicted molar refractivity (Wildman–Crippen MR) is 108 cm³/mol. The van der Waals surface area contributed by atoms with Crippen molar-refractivity contribution in [3.05, 3.63) is 64.6 Å². The maximum atomic E-state index is 12.7. The van der Waals surface area contributed by atoms with E-state index in [0.29, 0.717) is 18.8 Å². The lowest BCUT2D eigenvalue weighted by Crippen LogP contribution is -2.40. The number of fused-ring (bicyclic) bond motifs is 1. The van der Waals surface area contributed by atoms with Gasteiger partial charge < -0.3 is 10.2 Å². The zero-order chi connectivity index (χ0) is 20.2. The van der Waals surface area contributed by atoms with E-state index >= 15 is 0 Å². The van der Waals surface area contributed by atoms with Gasteiger partial charge in [0.25, 0.3) is 5.69 Å². The summed E-state index contributed by atoms with van der Waals surface area (Å²) in [6.07, 6.45) is 4.10. The van der Waals surface area contributed by atoms with E-state index in [2.05, 4.69) is 15.5 Å². The number of nitrogens with zero attached hydrogens (tertiary/aromatic N) is 5. The minimum absolute atomic E-state index is 0.0108. The highest BCUT2D eigenvalue weighted by atomic mass is 16.6. The van der Waals surface area contributed by atoms with Gasteiger partial charge in [-0.05, 0) is 31.0 Å². The normalized spacial score (nSPS) is 16.7. The van der Waals surface area contributed by atoms with Crippen molar-refractivity contribution in [2.45, 2.75) is 25.2 Å². The van der Waals surface area contributed by atoms with Crippen LogP contribution < -0.4 is 5.32 Å². The number of anilines is 1. The largest absolute Gasteiger partial charge is 0.379 e. The molecule has 1 amide bonds. The molecule has 1 aromatic carbocycles. The van der Waals surface area contributed by atoms with Crippen molar-refractivity contribution in [3.63, 3.8) is 0 Å². The highest BCUT2D eigenvalue weighted by molar-refractivity contribution is 5.77. The van der Waals surface area contributed by atoms with Gasteiger partial charge in [0, 0.05) is 44.2 Å². The second kappa shape index (κ2) is 8.26. The van der Waals surface area contributed by atoms with E-state index in [1.807, 2.05) is 33.7 Å². The van der Waals surface area contributed by atoms with Crippen LogP contribution in [-0.2, 0) is 4.79 Å². The lowest BCUT2D eigenvalue weighted by atomic mass is 9.97. The smallest absolute Gasteiger partial charge is 0.292 e. The van der Waals surface area contributed by atoms with Crippen LogP contribution in [0.3, 0.4) is 0 Å². The molecule has 2 aromatic heterocycles. The van der Waals surface area contributed by atoms with Crippen LogP contribution in [0.15, 0.2) is 48.7 Å². The van der Waals surface area contributed by atoms with Gasteiger partial charge >= 0.3 is 0 Å². The summed E-state index contributed by atoms with van der Waals surface area (Å²) in [6, 6.07) is 12.2. The molecule has 1 aliphatic rings. The highest BCUT2D eigenvalue weighted by Gasteiger charge is 2.27. The second-order valence-corrected chi connectivity index (χ2v) is 7.12. The minimum atomic E-state index is -0.428. The number of rotatable bonds is 6. The first kappa shape index (κ1) is 18.9. The number of para-hydroxylation sites is 2. The molecule has 0 saturated carbocycles. The molecule has 1 unspecified atom stereocenters. The Morgan fingerprint density at radius 2 is 2.03 bits per heavy atom. The summed E-state index contributed by atoms with van der Waals surface area (Å²) in [5.74, 6) is 1.07. The summed E-state index contributed by atoms with van der Waals surface area (Å²) in [4.78, 5) is 25.2. The van der Waals surface area contributed by atoms with Gasteiger partial charge in [0.05, 0.1) is 4.92 Å². The molecule has 1 fully saturated rings. The number of benzene rings is 1. The molecular formula is C20H22N6O3. The monoisotopic (exact) mass is 394 g/mol. The second-order valence-electron chi connectivity index (χ2n) is 7.12. The van der Waals surface area contributed by atoms with Gasteiger partial charge in [-0.15, -0.1) is 10.2 Å². The van der Waals surface area contributed by atoms with Gasteiger partial charge in [0.15, 0.2) is 5.65 Å². The van der Waals surface area contributed by atoms with Crippen LogP contribution in [0.4, 0.5) is 11.4 Å². The molecule has 9 nitrogen and oxygen atoms in total. The van der Waals surface area contributed by atoms with Crippen molar-refractivity contribution in [1.82, 2.24) is 19.5 Å². The van der Waals surface area contributed by atoms with Crippen LogP contribution in [0.5, 0.6) is 0 Å². The molecule has 0 aliphatic carbocycles. The number of aromatic nitrogens is 3. The Morgan fingerprint density at radius 1 is 1.21 bits per heavy atom. The standard InChI is InChI=1S/C20H22N6O3/c27-19(10-11-21-16-7-1-2-8-17(16)26(28)29)24-12-5-6-15(14-24)20-23-22-18-9-3-4-13-25(18)20/h1-4,7-9,13,15,21H,5-6,10-12,14H2. The topological polar surface area (TPSA) is 106 Å². The number of hydrogen-bond donors (Lipinski definition) is 1. The van der Waals surface area contributed by atoms with Gasteiger partial charge in [-0.3, -0.25) is 19.3 Å². The van der Waals surface area contributed by atoms with Gasteiger partial charge in [-0.25, -0.2) is 0 Å². The van der Waals surface area contributed by atoms with Crippen LogP contribution in [0.1, 0.15) is 31.0 Å². The van der Waals surface area contributed by atoms with Crippen LogP contribution in [0.25, 0.3) is 5.65 Å². The molecule has 4 rings (SSSR count). The Labute approximate surface area is 167 Å². The lowest BCUT2D eigenvalue weighted by Gasteiger charge is -2.32. The summed E-state index contributed by atoms with van der Waals surface area (Å²) >= 11 is 0. The van der Waals surface area contributed by atoms with Gasteiger partial charge in [0.2, 0.25) is 5.91 Å². The fraction of sp³-hybridized carbons (Fsp3) is 0.350. The molecule has 1 aliphatic heterocycles. The SMILES string of the molecule is O=C(CCNc1ccccc1[N+](=O)[O-])N1CCCC(c2nnc3ccccn23)C1. The van der Waals surface area contributed by atoms with E-state index in [4.69, 9.17) is 0 Å². The third-order valence-corrected chi connectivity index (χ3v) is 5.23. The summed E-state index contributed by atoms with van der Waals surface area (Å²) in [5.41, 5.74) is 1.24. The van der Waals surface area contributed by atoms with Crippen LogP contribution in [-0.4, -0.2) is 50.0 Å². The molecule has 29 heavy (non-hydrogen) atoms. The average Bonchev–Trinajstić information content (AvgIpc) is 3.18.